The van der Waals surface area contributed by atoms with Gasteiger partial charge in [-0.25, -0.2) is 0 Å². The summed E-state index contributed by atoms with van der Waals surface area (Å²) in [6.45, 7) is 0. The maximum Gasteiger partial charge on any atom is 0.305 e. The number of carbonyl (C=O) groups is 1. The number of hydrogen-bond donors (Lipinski definition) is 2. The lowest BCUT2D eigenvalue weighted by Gasteiger charge is -2.03. The largest absolute Gasteiger partial charge is 0.506 e. The first kappa shape index (κ1) is 10.4. The molecule has 0 saturated heterocycles. The molecule has 0 bridgehead atoms. The summed E-state index contributed by atoms with van der Waals surface area (Å²) >= 11 is 0. The Morgan fingerprint density at radius 2 is 2.29 bits per heavy atom. The summed E-state index contributed by atoms with van der Waals surface area (Å²) in [5, 5.41) is 9.28. The zero-order valence-corrected chi connectivity index (χ0v) is 7.99. The quantitative estimate of drug-likeness (QED) is 0.430. The molecule has 14 heavy (non-hydrogen) atoms. The van der Waals surface area contributed by atoms with Gasteiger partial charge in [0.1, 0.15) is 5.75 Å². The average Bonchev–Trinajstić information content (AvgIpc) is 2.19. The normalized spacial score (nSPS) is 9.79. The predicted molar refractivity (Wildman–Crippen MR) is 52.9 cm³/mol. The topological polar surface area (TPSA) is 72.5 Å². The van der Waals surface area contributed by atoms with Gasteiger partial charge in [0.05, 0.1) is 12.8 Å². The van der Waals surface area contributed by atoms with Crippen molar-refractivity contribution in [2.45, 2.75) is 12.8 Å². The molecule has 3 N–H and O–H groups in total. The second-order valence-corrected chi connectivity index (χ2v) is 2.97. The Morgan fingerprint density at radius 3 is 2.86 bits per heavy atom. The minimum Gasteiger partial charge on any atom is -0.506 e. The standard InChI is InChI=1S/C10H13NO3/c1-14-10(13)5-3-7-2-4-8(11)9(12)6-7/h2,4,6,12H,3,5,11H2,1H3. The fraction of sp³-hybridized carbons (Fsp3) is 0.300. The molecule has 0 aliphatic rings. The van der Waals surface area contributed by atoms with Crippen LogP contribution in [-0.2, 0) is 16.0 Å². The van der Waals surface area contributed by atoms with Crippen LogP contribution in [-0.4, -0.2) is 18.2 Å². The Kier molecular flexibility index (Phi) is 3.34. The van der Waals surface area contributed by atoms with E-state index in [0.29, 0.717) is 18.5 Å². The molecule has 1 rings (SSSR count). The first-order valence-electron chi connectivity index (χ1n) is 4.27. The molecule has 0 aliphatic heterocycles. The van der Waals surface area contributed by atoms with Gasteiger partial charge in [0.25, 0.3) is 0 Å². The molecule has 0 aliphatic carbocycles. The number of carbonyl (C=O) groups excluding carboxylic acids is 1. The molecule has 0 heterocycles. The number of nitrogens with two attached hydrogens (primary N) is 1. The summed E-state index contributed by atoms with van der Waals surface area (Å²) in [5.41, 5.74) is 6.63. The number of benzene rings is 1. The highest BCUT2D eigenvalue weighted by Crippen LogP contribution is 2.21. The average molecular weight is 195 g/mol. The van der Waals surface area contributed by atoms with Crippen LogP contribution in [0.25, 0.3) is 0 Å². The molecule has 0 aromatic heterocycles. The third kappa shape index (κ3) is 2.65. The summed E-state index contributed by atoms with van der Waals surface area (Å²) in [4.78, 5) is 10.8. The Balaban J connectivity index is 2.60. The maximum atomic E-state index is 10.8. The van der Waals surface area contributed by atoms with E-state index in [4.69, 9.17) is 5.73 Å². The SMILES string of the molecule is COC(=O)CCc1ccc(N)c(O)c1. The minimum absolute atomic E-state index is 0.0485. The van der Waals surface area contributed by atoms with E-state index < -0.39 is 0 Å². The van der Waals surface area contributed by atoms with E-state index in [9.17, 15) is 9.90 Å². The van der Waals surface area contributed by atoms with Gasteiger partial charge in [0, 0.05) is 6.42 Å². The van der Waals surface area contributed by atoms with Crippen molar-refractivity contribution in [2.24, 2.45) is 0 Å². The third-order valence-electron chi connectivity index (χ3n) is 1.94. The van der Waals surface area contributed by atoms with Gasteiger partial charge in [-0.1, -0.05) is 6.07 Å². The zero-order valence-electron chi connectivity index (χ0n) is 7.99. The van der Waals surface area contributed by atoms with Gasteiger partial charge in [-0.3, -0.25) is 4.79 Å². The van der Waals surface area contributed by atoms with E-state index >= 15 is 0 Å². The van der Waals surface area contributed by atoms with Crippen LogP contribution in [0.15, 0.2) is 18.2 Å². The molecule has 76 valence electrons. The van der Waals surface area contributed by atoms with E-state index in [2.05, 4.69) is 4.74 Å². The minimum atomic E-state index is -0.263. The molecule has 0 saturated carbocycles. The molecule has 1 aromatic rings. The van der Waals surface area contributed by atoms with Gasteiger partial charge in [0.15, 0.2) is 0 Å². The number of aryl methyl sites for hydroxylation is 1. The van der Waals surface area contributed by atoms with Gasteiger partial charge in [-0.2, -0.15) is 0 Å². The number of rotatable bonds is 3. The van der Waals surface area contributed by atoms with Gasteiger partial charge in [-0.15, -0.1) is 0 Å². The van der Waals surface area contributed by atoms with Crippen LogP contribution in [0, 0.1) is 0 Å². The van der Waals surface area contributed by atoms with Crippen LogP contribution in [0.1, 0.15) is 12.0 Å². The zero-order chi connectivity index (χ0) is 10.6. The lowest BCUT2D eigenvalue weighted by molar-refractivity contribution is -0.140. The second kappa shape index (κ2) is 4.50. The van der Waals surface area contributed by atoms with E-state index in [1.807, 2.05) is 0 Å². The van der Waals surface area contributed by atoms with Crippen molar-refractivity contribution in [3.8, 4) is 5.75 Å². The molecule has 0 radical (unpaired) electrons. The molecule has 0 unspecified atom stereocenters. The van der Waals surface area contributed by atoms with Crippen LogP contribution >= 0.6 is 0 Å². The second-order valence-electron chi connectivity index (χ2n) is 2.97. The molecule has 0 amide bonds. The predicted octanol–water partition coefficient (Wildman–Crippen LogP) is 1.08. The monoisotopic (exact) mass is 195 g/mol. The molecule has 4 nitrogen and oxygen atoms in total. The number of anilines is 1. The summed E-state index contributed by atoms with van der Waals surface area (Å²) in [6.07, 6.45) is 0.848. The fourth-order valence-corrected chi connectivity index (χ4v) is 1.09. The number of hydrogen-bond acceptors (Lipinski definition) is 4. The number of nitrogen functional groups attached to an aromatic ring is 1. The van der Waals surface area contributed by atoms with Gasteiger partial charge in [-0.05, 0) is 24.1 Å². The highest BCUT2D eigenvalue weighted by atomic mass is 16.5. The van der Waals surface area contributed by atoms with Crippen LogP contribution in [0.5, 0.6) is 5.75 Å². The maximum absolute atomic E-state index is 10.8. The lowest BCUT2D eigenvalue weighted by atomic mass is 10.1. The highest BCUT2D eigenvalue weighted by molar-refractivity contribution is 5.69. The van der Waals surface area contributed by atoms with Crippen molar-refractivity contribution in [3.05, 3.63) is 23.8 Å². The fourth-order valence-electron chi connectivity index (χ4n) is 1.09. The van der Waals surface area contributed by atoms with Crippen LogP contribution < -0.4 is 5.73 Å². The molecule has 4 heteroatoms. The Hall–Kier alpha value is -1.71. The van der Waals surface area contributed by atoms with E-state index in [-0.39, 0.29) is 11.7 Å². The van der Waals surface area contributed by atoms with Crippen molar-refractivity contribution < 1.29 is 14.6 Å². The molecule has 0 atom stereocenters. The van der Waals surface area contributed by atoms with Gasteiger partial charge < -0.3 is 15.6 Å². The first-order valence-corrected chi connectivity index (χ1v) is 4.27. The van der Waals surface area contributed by atoms with Crippen molar-refractivity contribution >= 4 is 11.7 Å². The smallest absolute Gasteiger partial charge is 0.305 e. The summed E-state index contributed by atoms with van der Waals surface area (Å²) in [7, 11) is 1.35. The van der Waals surface area contributed by atoms with Gasteiger partial charge >= 0.3 is 5.97 Å². The van der Waals surface area contributed by atoms with Crippen molar-refractivity contribution in [3.63, 3.8) is 0 Å². The Morgan fingerprint density at radius 1 is 1.57 bits per heavy atom. The Bertz CT molecular complexity index is 336. The molecule has 0 spiro atoms. The van der Waals surface area contributed by atoms with E-state index in [1.165, 1.54) is 7.11 Å². The number of phenols is 1. The Labute approximate surface area is 82.3 Å². The van der Waals surface area contributed by atoms with Crippen LogP contribution in [0.2, 0.25) is 0 Å². The summed E-state index contributed by atoms with van der Waals surface area (Å²) in [5.74, 6) is -0.214. The summed E-state index contributed by atoms with van der Waals surface area (Å²) < 4.78 is 4.50. The van der Waals surface area contributed by atoms with Crippen molar-refractivity contribution in [1.82, 2.24) is 0 Å². The van der Waals surface area contributed by atoms with Crippen LogP contribution in [0.4, 0.5) is 5.69 Å². The highest BCUT2D eigenvalue weighted by Gasteiger charge is 2.03. The molecule has 1 aromatic carbocycles. The molecule has 0 fully saturated rings. The summed E-state index contributed by atoms with van der Waals surface area (Å²) in [6, 6.07) is 4.94. The van der Waals surface area contributed by atoms with E-state index in [1.54, 1.807) is 18.2 Å². The first-order chi connectivity index (χ1) is 6.63. The third-order valence-corrected chi connectivity index (χ3v) is 1.94. The molecular weight excluding hydrogens is 182 g/mol. The number of phenolic OH excluding ortho intramolecular Hbond substituents is 1. The van der Waals surface area contributed by atoms with Crippen molar-refractivity contribution in [2.75, 3.05) is 12.8 Å². The van der Waals surface area contributed by atoms with Crippen molar-refractivity contribution in [1.29, 1.82) is 0 Å². The number of ether oxygens (including phenoxy) is 1. The van der Waals surface area contributed by atoms with E-state index in [0.717, 1.165) is 5.56 Å². The number of aromatic hydroxyl groups is 1. The van der Waals surface area contributed by atoms with Crippen LogP contribution in [0.3, 0.4) is 0 Å². The number of esters is 1. The number of methoxy groups -OCH3 is 1. The lowest BCUT2D eigenvalue weighted by Crippen LogP contribution is -2.01. The molecular formula is C10H13NO3. The van der Waals surface area contributed by atoms with Gasteiger partial charge in [0.2, 0.25) is 0 Å².